The first-order valence-electron chi connectivity index (χ1n) is 10.1. The van der Waals surface area contributed by atoms with Crippen LogP contribution < -0.4 is 0 Å². The molecular weight excluding hydrogens is 336 g/mol. The van der Waals surface area contributed by atoms with E-state index in [1.165, 1.54) is 27.8 Å². The van der Waals surface area contributed by atoms with E-state index in [-0.39, 0.29) is 0 Å². The molecule has 3 aromatic rings. The Morgan fingerprint density at radius 2 is 1.29 bits per heavy atom. The van der Waals surface area contributed by atoms with Gasteiger partial charge in [0, 0.05) is 0 Å². The van der Waals surface area contributed by atoms with Crippen molar-refractivity contribution in [1.29, 1.82) is 0 Å². The maximum absolute atomic E-state index is 2.22. The van der Waals surface area contributed by atoms with Crippen LogP contribution in [0.25, 0.3) is 11.1 Å². The first-order chi connectivity index (χ1) is 13.6. The molecule has 0 N–H and O–H groups in total. The second kappa shape index (κ2) is 11.8. The molecule has 0 aliphatic heterocycles. The van der Waals surface area contributed by atoms with Gasteiger partial charge in [0.25, 0.3) is 0 Å². The molecule has 0 heteroatoms. The molecule has 144 valence electrons. The summed E-state index contributed by atoms with van der Waals surface area (Å²) >= 11 is 0. The third-order valence-electron chi connectivity index (χ3n) is 4.76. The van der Waals surface area contributed by atoms with Gasteiger partial charge < -0.3 is 0 Å². The molecule has 0 unspecified atom stereocenters. The summed E-state index contributed by atoms with van der Waals surface area (Å²) in [6.45, 7) is 8.72. The van der Waals surface area contributed by atoms with E-state index in [4.69, 9.17) is 0 Å². The van der Waals surface area contributed by atoms with E-state index < -0.39 is 0 Å². The van der Waals surface area contributed by atoms with Crippen molar-refractivity contribution < 1.29 is 0 Å². The Morgan fingerprint density at radius 1 is 0.750 bits per heavy atom. The van der Waals surface area contributed by atoms with Gasteiger partial charge in [0.1, 0.15) is 0 Å². The van der Waals surface area contributed by atoms with E-state index in [0.717, 1.165) is 6.42 Å². The van der Waals surface area contributed by atoms with Gasteiger partial charge in [-0.3, -0.25) is 0 Å². The van der Waals surface area contributed by atoms with Crippen molar-refractivity contribution in [2.75, 3.05) is 0 Å². The fraction of sp³-hybridized carbons (Fsp3) is 0.214. The standard InChI is InChI=1S/C15H20.C13H12/c1-13(2)14(3)9-7-8-12-15-10-5-4-6-11-15;1-11-7-9-13(10-8-11)12-5-3-2-4-6-12/h4-11,13H,12H2,1-3H3;2-10H,1H3/b8-7+,14-9-;. The Labute approximate surface area is 171 Å². The largest absolute Gasteiger partial charge is 0.0801 e. The lowest BCUT2D eigenvalue weighted by Crippen LogP contribution is -1.86. The van der Waals surface area contributed by atoms with Crippen LogP contribution in [0.3, 0.4) is 0 Å². The van der Waals surface area contributed by atoms with Crippen LogP contribution in [0.15, 0.2) is 109 Å². The summed E-state index contributed by atoms with van der Waals surface area (Å²) in [5.41, 5.74) is 6.66. The molecule has 0 radical (unpaired) electrons. The van der Waals surface area contributed by atoms with E-state index >= 15 is 0 Å². The molecule has 0 nitrogen and oxygen atoms in total. The Morgan fingerprint density at radius 3 is 1.86 bits per heavy atom. The Kier molecular flexibility index (Phi) is 9.01. The summed E-state index contributed by atoms with van der Waals surface area (Å²) < 4.78 is 0. The molecule has 0 spiro atoms. The van der Waals surface area contributed by atoms with Crippen LogP contribution in [0.4, 0.5) is 0 Å². The van der Waals surface area contributed by atoms with Gasteiger partial charge in [-0.05, 0) is 42.9 Å². The highest BCUT2D eigenvalue weighted by Gasteiger charge is 1.94. The smallest absolute Gasteiger partial charge is 0.00943 e. The van der Waals surface area contributed by atoms with Crippen LogP contribution in [-0.2, 0) is 6.42 Å². The number of aryl methyl sites for hydroxylation is 1. The van der Waals surface area contributed by atoms with Gasteiger partial charge in [0.15, 0.2) is 0 Å². The highest BCUT2D eigenvalue weighted by Crippen LogP contribution is 2.18. The quantitative estimate of drug-likeness (QED) is 0.400. The van der Waals surface area contributed by atoms with E-state index in [9.17, 15) is 0 Å². The normalized spacial score (nSPS) is 11.4. The zero-order chi connectivity index (χ0) is 20.2. The first kappa shape index (κ1) is 21.4. The highest BCUT2D eigenvalue weighted by atomic mass is 14.0. The maximum Gasteiger partial charge on any atom is -0.00943 e. The summed E-state index contributed by atoms with van der Waals surface area (Å²) in [7, 11) is 0. The fourth-order valence-electron chi connectivity index (χ4n) is 2.61. The lowest BCUT2D eigenvalue weighted by Gasteiger charge is -2.01. The zero-order valence-corrected chi connectivity index (χ0v) is 17.6. The average Bonchev–Trinajstić information content (AvgIpc) is 2.73. The molecule has 0 fully saturated rings. The first-order valence-corrected chi connectivity index (χ1v) is 10.1. The van der Waals surface area contributed by atoms with Crippen LogP contribution in [0.1, 0.15) is 31.9 Å². The predicted molar refractivity (Wildman–Crippen MR) is 124 cm³/mol. The van der Waals surface area contributed by atoms with Crippen molar-refractivity contribution in [2.45, 2.75) is 34.1 Å². The molecule has 3 aromatic carbocycles. The molecule has 0 aliphatic carbocycles. The van der Waals surface area contributed by atoms with Gasteiger partial charge >= 0.3 is 0 Å². The van der Waals surface area contributed by atoms with E-state index in [1.54, 1.807) is 0 Å². The Balaban J connectivity index is 0.000000202. The molecule has 0 bridgehead atoms. The van der Waals surface area contributed by atoms with Crippen molar-refractivity contribution in [1.82, 2.24) is 0 Å². The van der Waals surface area contributed by atoms with Crippen LogP contribution in [-0.4, -0.2) is 0 Å². The van der Waals surface area contributed by atoms with Gasteiger partial charge in [-0.2, -0.15) is 0 Å². The third kappa shape index (κ3) is 7.80. The minimum atomic E-state index is 0.645. The molecule has 0 aromatic heterocycles. The predicted octanol–water partition coefficient (Wildman–Crippen LogP) is 8.05. The molecule has 0 atom stereocenters. The summed E-state index contributed by atoms with van der Waals surface area (Å²) in [6, 6.07) is 29.6. The van der Waals surface area contributed by atoms with E-state index in [2.05, 4.69) is 125 Å². The van der Waals surface area contributed by atoms with Crippen molar-refractivity contribution >= 4 is 0 Å². The molecule has 0 heterocycles. The van der Waals surface area contributed by atoms with Crippen LogP contribution in [0.5, 0.6) is 0 Å². The van der Waals surface area contributed by atoms with Gasteiger partial charge in [0.2, 0.25) is 0 Å². The lowest BCUT2D eigenvalue weighted by molar-refractivity contribution is 0.769. The van der Waals surface area contributed by atoms with Crippen molar-refractivity contribution in [2.24, 2.45) is 5.92 Å². The summed E-state index contributed by atoms with van der Waals surface area (Å²) in [5.74, 6) is 0.645. The molecule has 0 amide bonds. The lowest BCUT2D eigenvalue weighted by atomic mass is 10.0. The monoisotopic (exact) mass is 368 g/mol. The summed E-state index contributed by atoms with van der Waals surface area (Å²) in [5, 5.41) is 0. The van der Waals surface area contributed by atoms with Gasteiger partial charge in [0.05, 0.1) is 0 Å². The molecular formula is C28H32. The van der Waals surface area contributed by atoms with Gasteiger partial charge in [-0.15, -0.1) is 0 Å². The van der Waals surface area contributed by atoms with Crippen LogP contribution >= 0.6 is 0 Å². The topological polar surface area (TPSA) is 0 Å². The number of benzene rings is 3. The van der Waals surface area contributed by atoms with Gasteiger partial charge in [-0.25, -0.2) is 0 Å². The second-order valence-corrected chi connectivity index (χ2v) is 7.42. The van der Waals surface area contributed by atoms with Crippen LogP contribution in [0, 0.1) is 12.8 Å². The Hall–Kier alpha value is -2.86. The highest BCUT2D eigenvalue weighted by molar-refractivity contribution is 5.63. The van der Waals surface area contributed by atoms with E-state index in [0.29, 0.717) is 5.92 Å². The molecule has 0 saturated heterocycles. The van der Waals surface area contributed by atoms with Crippen molar-refractivity contribution in [3.63, 3.8) is 0 Å². The second-order valence-electron chi connectivity index (χ2n) is 7.42. The number of rotatable bonds is 5. The molecule has 0 saturated carbocycles. The molecule has 28 heavy (non-hydrogen) atoms. The minimum Gasteiger partial charge on any atom is -0.0801 e. The third-order valence-corrected chi connectivity index (χ3v) is 4.76. The van der Waals surface area contributed by atoms with Crippen molar-refractivity contribution in [3.05, 3.63) is 120 Å². The number of hydrogen-bond donors (Lipinski definition) is 0. The van der Waals surface area contributed by atoms with E-state index in [1.807, 2.05) is 6.07 Å². The Bertz CT molecular complexity index is 851. The van der Waals surface area contributed by atoms with Crippen LogP contribution in [0.2, 0.25) is 0 Å². The summed E-state index contributed by atoms with van der Waals surface area (Å²) in [4.78, 5) is 0. The zero-order valence-electron chi connectivity index (χ0n) is 17.6. The number of hydrogen-bond acceptors (Lipinski definition) is 0. The molecule has 3 rings (SSSR count). The minimum absolute atomic E-state index is 0.645. The van der Waals surface area contributed by atoms with Gasteiger partial charge in [-0.1, -0.05) is 128 Å². The molecule has 0 aliphatic rings. The average molecular weight is 369 g/mol. The fourth-order valence-corrected chi connectivity index (χ4v) is 2.61. The maximum atomic E-state index is 2.22. The van der Waals surface area contributed by atoms with Crippen molar-refractivity contribution in [3.8, 4) is 11.1 Å². The number of allylic oxidation sites excluding steroid dienone is 4. The SMILES string of the molecule is C/C(=C/C=C/Cc1ccccc1)C(C)C.Cc1ccc(-c2ccccc2)cc1. The summed E-state index contributed by atoms with van der Waals surface area (Å²) in [6.07, 6.45) is 7.58.